The first kappa shape index (κ1) is 13.9. The van der Waals surface area contributed by atoms with Gasteiger partial charge in [0.05, 0.1) is 8.07 Å². The molecule has 0 aromatic heterocycles. The van der Waals surface area contributed by atoms with Gasteiger partial charge in [-0.2, -0.15) is 0 Å². The van der Waals surface area contributed by atoms with E-state index in [4.69, 9.17) is 9.47 Å². The normalized spacial score (nSPS) is 11.9. The fraction of sp³-hybridized carbons (Fsp3) is 0.600. The first-order valence-electron chi connectivity index (χ1n) is 4.74. The van der Waals surface area contributed by atoms with Crippen molar-refractivity contribution >= 4 is 20.0 Å². The Balaban J connectivity index is 4.43. The number of hydrogen-bond acceptors (Lipinski definition) is 4. The number of carbonyl (C=O) groups excluding carboxylic acids is 2. The third-order valence-electron chi connectivity index (χ3n) is 1.32. The van der Waals surface area contributed by atoms with Gasteiger partial charge in [-0.1, -0.05) is 25.3 Å². The van der Waals surface area contributed by atoms with Crippen LogP contribution in [-0.2, 0) is 19.1 Å². The molecule has 5 heteroatoms. The molecule has 4 nitrogen and oxygen atoms in total. The van der Waals surface area contributed by atoms with Crippen LogP contribution in [0.1, 0.15) is 13.8 Å². The monoisotopic (exact) mass is 230 g/mol. The predicted octanol–water partition coefficient (Wildman–Crippen LogP) is 1.87. The molecule has 86 valence electrons. The van der Waals surface area contributed by atoms with Crippen LogP contribution in [0.5, 0.6) is 0 Å². The fourth-order valence-electron chi connectivity index (χ4n) is 0.797. The Kier molecular flexibility index (Phi) is 5.28. The van der Waals surface area contributed by atoms with Crippen LogP contribution in [0.25, 0.3) is 0 Å². The third-order valence-corrected chi connectivity index (χ3v) is 2.51. The Morgan fingerprint density at radius 1 is 1.07 bits per heavy atom. The Morgan fingerprint density at radius 2 is 1.47 bits per heavy atom. The van der Waals surface area contributed by atoms with Gasteiger partial charge < -0.3 is 9.47 Å². The minimum absolute atomic E-state index is 0.471. The zero-order chi connectivity index (χ0) is 12.1. The van der Waals surface area contributed by atoms with E-state index in [9.17, 15) is 9.59 Å². The average molecular weight is 230 g/mol. The number of ether oxygens (including phenoxy) is 2. The van der Waals surface area contributed by atoms with Gasteiger partial charge in [-0.25, -0.2) is 0 Å². The molecule has 0 spiro atoms. The molecule has 0 atom stereocenters. The van der Waals surface area contributed by atoms with E-state index < -0.39 is 26.3 Å². The highest BCUT2D eigenvalue weighted by atomic mass is 28.3. The molecule has 15 heavy (non-hydrogen) atoms. The SMILES string of the molecule is CC(=O)OC(/C=C/[Si](C)(C)C)OC(C)=O. The lowest BCUT2D eigenvalue weighted by molar-refractivity contribution is -0.176. The van der Waals surface area contributed by atoms with Gasteiger partial charge in [0.1, 0.15) is 0 Å². The zero-order valence-electron chi connectivity index (χ0n) is 9.87. The number of rotatable bonds is 4. The molecule has 0 amide bonds. The Bertz CT molecular complexity index is 249. The summed E-state index contributed by atoms with van der Waals surface area (Å²) in [5.41, 5.74) is 1.96. The molecule has 0 aliphatic rings. The second-order valence-electron chi connectivity index (χ2n) is 4.31. The molecular formula is C10H18O4Si. The van der Waals surface area contributed by atoms with E-state index in [1.54, 1.807) is 6.08 Å². The summed E-state index contributed by atoms with van der Waals surface area (Å²) in [4.78, 5) is 21.4. The van der Waals surface area contributed by atoms with Gasteiger partial charge in [0, 0.05) is 13.8 Å². The molecule has 0 aromatic carbocycles. The van der Waals surface area contributed by atoms with E-state index in [0.29, 0.717) is 0 Å². The van der Waals surface area contributed by atoms with E-state index in [0.717, 1.165) is 0 Å². The van der Waals surface area contributed by atoms with Crippen molar-refractivity contribution in [2.45, 2.75) is 39.8 Å². The largest absolute Gasteiger partial charge is 0.421 e. The molecular weight excluding hydrogens is 212 g/mol. The molecule has 0 unspecified atom stereocenters. The maximum absolute atomic E-state index is 10.7. The lowest BCUT2D eigenvalue weighted by Gasteiger charge is -2.15. The smallest absolute Gasteiger partial charge is 0.305 e. The molecule has 0 aromatic rings. The molecule has 0 heterocycles. The van der Waals surface area contributed by atoms with E-state index >= 15 is 0 Å². The van der Waals surface area contributed by atoms with Gasteiger partial charge in [-0.05, 0) is 6.08 Å². The average Bonchev–Trinajstić information content (AvgIpc) is 1.96. The minimum atomic E-state index is -1.39. The van der Waals surface area contributed by atoms with Crippen molar-refractivity contribution < 1.29 is 19.1 Å². The van der Waals surface area contributed by atoms with Gasteiger partial charge in [0.2, 0.25) is 0 Å². The summed E-state index contributed by atoms with van der Waals surface area (Å²) in [6, 6.07) is 0. The van der Waals surface area contributed by atoms with Crippen molar-refractivity contribution in [3.63, 3.8) is 0 Å². The first-order chi connectivity index (χ1) is 6.70. The van der Waals surface area contributed by atoms with Crippen LogP contribution >= 0.6 is 0 Å². The topological polar surface area (TPSA) is 52.6 Å². The maximum Gasteiger partial charge on any atom is 0.305 e. The summed E-state index contributed by atoms with van der Waals surface area (Å²) in [6.07, 6.45) is 0.724. The van der Waals surface area contributed by atoms with Crippen molar-refractivity contribution in [3.05, 3.63) is 11.8 Å². The minimum Gasteiger partial charge on any atom is -0.421 e. The third kappa shape index (κ3) is 9.21. The van der Waals surface area contributed by atoms with Crippen molar-refractivity contribution in [1.82, 2.24) is 0 Å². The standard InChI is InChI=1S/C10H18O4Si/c1-8(11)13-10(14-9(2)12)6-7-15(3,4)5/h6-7,10H,1-5H3/b7-6+. The highest BCUT2D eigenvalue weighted by molar-refractivity contribution is 6.80. The van der Waals surface area contributed by atoms with Crippen LogP contribution in [0.4, 0.5) is 0 Å². The highest BCUT2D eigenvalue weighted by Gasteiger charge is 2.14. The summed E-state index contributed by atoms with van der Waals surface area (Å²) in [6.45, 7) is 8.93. The second-order valence-corrected chi connectivity index (χ2v) is 9.38. The molecule has 0 saturated heterocycles. The molecule has 0 fully saturated rings. The first-order valence-corrected chi connectivity index (χ1v) is 8.32. The van der Waals surface area contributed by atoms with Crippen molar-refractivity contribution in [2.24, 2.45) is 0 Å². The summed E-state index contributed by atoms with van der Waals surface area (Å²) >= 11 is 0. The lowest BCUT2D eigenvalue weighted by Crippen LogP contribution is -2.23. The zero-order valence-corrected chi connectivity index (χ0v) is 10.9. The van der Waals surface area contributed by atoms with Crippen molar-refractivity contribution in [3.8, 4) is 0 Å². The summed E-state index contributed by atoms with van der Waals surface area (Å²) in [7, 11) is -1.39. The summed E-state index contributed by atoms with van der Waals surface area (Å²) in [5.74, 6) is -0.942. The van der Waals surface area contributed by atoms with Crippen LogP contribution in [0.3, 0.4) is 0 Å². The van der Waals surface area contributed by atoms with E-state index in [-0.39, 0.29) is 0 Å². The van der Waals surface area contributed by atoms with Crippen LogP contribution in [0.2, 0.25) is 19.6 Å². The highest BCUT2D eigenvalue weighted by Crippen LogP contribution is 2.06. The van der Waals surface area contributed by atoms with Crippen LogP contribution in [0.15, 0.2) is 11.8 Å². The van der Waals surface area contributed by atoms with E-state index in [1.165, 1.54) is 13.8 Å². The molecule has 0 saturated carbocycles. The second kappa shape index (κ2) is 5.70. The number of carbonyl (C=O) groups is 2. The van der Waals surface area contributed by atoms with Crippen LogP contribution in [-0.4, -0.2) is 26.3 Å². The Morgan fingerprint density at radius 3 is 1.73 bits per heavy atom. The number of hydrogen-bond donors (Lipinski definition) is 0. The Labute approximate surface area is 91.3 Å². The van der Waals surface area contributed by atoms with Gasteiger partial charge in [0.25, 0.3) is 6.29 Å². The van der Waals surface area contributed by atoms with E-state index in [2.05, 4.69) is 19.6 Å². The van der Waals surface area contributed by atoms with E-state index in [1.807, 2.05) is 5.70 Å². The van der Waals surface area contributed by atoms with Crippen molar-refractivity contribution in [1.29, 1.82) is 0 Å². The number of esters is 2. The van der Waals surface area contributed by atoms with Gasteiger partial charge >= 0.3 is 11.9 Å². The predicted molar refractivity (Wildman–Crippen MR) is 59.8 cm³/mol. The summed E-state index contributed by atoms with van der Waals surface area (Å²) in [5, 5.41) is 0. The molecule has 0 rings (SSSR count). The van der Waals surface area contributed by atoms with Crippen LogP contribution < -0.4 is 0 Å². The van der Waals surface area contributed by atoms with Gasteiger partial charge in [0.15, 0.2) is 0 Å². The Hall–Kier alpha value is -1.10. The molecule has 0 aliphatic heterocycles. The van der Waals surface area contributed by atoms with Gasteiger partial charge in [-0.3, -0.25) is 9.59 Å². The maximum atomic E-state index is 10.7. The molecule has 0 radical (unpaired) electrons. The molecule has 0 aliphatic carbocycles. The van der Waals surface area contributed by atoms with Gasteiger partial charge in [-0.15, -0.1) is 0 Å². The summed E-state index contributed by atoms with van der Waals surface area (Å²) < 4.78 is 9.62. The quantitative estimate of drug-likeness (QED) is 0.420. The molecule has 0 N–H and O–H groups in total. The fourth-order valence-corrected chi connectivity index (χ4v) is 1.53. The van der Waals surface area contributed by atoms with Crippen LogP contribution in [0, 0.1) is 0 Å². The van der Waals surface area contributed by atoms with Crippen molar-refractivity contribution in [2.75, 3.05) is 0 Å². The molecule has 0 bridgehead atoms. The lowest BCUT2D eigenvalue weighted by atomic mass is 10.6.